The first kappa shape index (κ1) is 24.0. The SMILES string of the molecule is Cc1ccnc(-n2c(C)cc([C@H]3[C@@H](c4ccccn4)NC(=S)N3CCCNc3ccccc3)c2C)c1. The van der Waals surface area contributed by atoms with Gasteiger partial charge in [-0.1, -0.05) is 24.3 Å². The molecule has 36 heavy (non-hydrogen) atoms. The molecular weight excluding hydrogens is 464 g/mol. The summed E-state index contributed by atoms with van der Waals surface area (Å²) in [5, 5.41) is 7.87. The van der Waals surface area contributed by atoms with Crippen LogP contribution in [0.15, 0.2) is 79.1 Å². The smallest absolute Gasteiger partial charge is 0.170 e. The van der Waals surface area contributed by atoms with Gasteiger partial charge in [0, 0.05) is 42.6 Å². The van der Waals surface area contributed by atoms with E-state index in [4.69, 9.17) is 12.2 Å². The number of pyridine rings is 2. The van der Waals surface area contributed by atoms with E-state index in [0.717, 1.165) is 47.5 Å². The molecule has 184 valence electrons. The largest absolute Gasteiger partial charge is 0.385 e. The normalized spacial score (nSPS) is 17.3. The first-order chi connectivity index (χ1) is 17.5. The Balaban J connectivity index is 1.46. The Morgan fingerprint density at radius 2 is 1.75 bits per heavy atom. The highest BCUT2D eigenvalue weighted by Gasteiger charge is 2.41. The van der Waals surface area contributed by atoms with E-state index in [1.807, 2.05) is 48.8 Å². The quantitative estimate of drug-likeness (QED) is 0.242. The lowest BCUT2D eigenvalue weighted by Gasteiger charge is -2.28. The van der Waals surface area contributed by atoms with Crippen LogP contribution in [0.1, 0.15) is 46.7 Å². The van der Waals surface area contributed by atoms with Gasteiger partial charge in [-0.05, 0) is 93.0 Å². The predicted molar refractivity (Wildman–Crippen MR) is 149 cm³/mol. The molecule has 1 saturated heterocycles. The fraction of sp³-hybridized carbons (Fsp3) is 0.276. The first-order valence-electron chi connectivity index (χ1n) is 12.4. The van der Waals surface area contributed by atoms with E-state index in [1.54, 1.807) is 0 Å². The number of para-hydroxylation sites is 1. The lowest BCUT2D eigenvalue weighted by atomic mass is 9.96. The molecule has 0 amide bonds. The molecular formula is C29H32N6S. The van der Waals surface area contributed by atoms with Crippen molar-refractivity contribution in [3.8, 4) is 5.82 Å². The molecule has 4 heterocycles. The molecule has 1 aromatic carbocycles. The highest BCUT2D eigenvalue weighted by atomic mass is 32.1. The number of hydrogen-bond acceptors (Lipinski definition) is 4. The molecule has 5 rings (SSSR count). The number of benzene rings is 1. The lowest BCUT2D eigenvalue weighted by molar-refractivity contribution is 0.315. The summed E-state index contributed by atoms with van der Waals surface area (Å²) >= 11 is 5.88. The Bertz CT molecular complexity index is 1330. The Kier molecular flexibility index (Phi) is 7.00. The van der Waals surface area contributed by atoms with Crippen LogP contribution in [0.2, 0.25) is 0 Å². The number of rotatable bonds is 8. The molecule has 4 aromatic rings. The zero-order chi connectivity index (χ0) is 25.1. The maximum atomic E-state index is 5.88. The minimum absolute atomic E-state index is 0.0276. The molecule has 6 nitrogen and oxygen atoms in total. The molecule has 1 aliphatic heterocycles. The first-order valence-corrected chi connectivity index (χ1v) is 12.8. The molecule has 0 saturated carbocycles. The Labute approximate surface area is 218 Å². The molecule has 1 aliphatic rings. The standard InChI is InChI=1S/C29H32N6S/c1-20-13-16-32-26(18-20)35-21(2)19-24(22(35)3)28-27(25-12-7-8-14-31-25)33-29(36)34(28)17-9-15-30-23-10-5-4-6-11-23/h4-8,10-14,16,18-19,27-28,30H,9,15,17H2,1-3H3,(H,33,36)/t27-,28+/m1/s1. The maximum absolute atomic E-state index is 5.88. The highest BCUT2D eigenvalue weighted by molar-refractivity contribution is 7.80. The second kappa shape index (κ2) is 10.5. The van der Waals surface area contributed by atoms with E-state index in [-0.39, 0.29) is 12.1 Å². The van der Waals surface area contributed by atoms with Crippen LogP contribution in [0.25, 0.3) is 5.82 Å². The van der Waals surface area contributed by atoms with E-state index in [2.05, 4.69) is 81.2 Å². The van der Waals surface area contributed by atoms with E-state index >= 15 is 0 Å². The van der Waals surface area contributed by atoms with Gasteiger partial charge < -0.3 is 20.1 Å². The minimum atomic E-state index is -0.0276. The molecule has 1 fully saturated rings. The van der Waals surface area contributed by atoms with Crippen molar-refractivity contribution in [1.82, 2.24) is 24.8 Å². The lowest BCUT2D eigenvalue weighted by Crippen LogP contribution is -2.31. The van der Waals surface area contributed by atoms with Crippen molar-refractivity contribution in [2.75, 3.05) is 18.4 Å². The van der Waals surface area contributed by atoms with Crippen molar-refractivity contribution < 1.29 is 0 Å². The van der Waals surface area contributed by atoms with E-state index in [0.29, 0.717) is 0 Å². The van der Waals surface area contributed by atoms with E-state index in [1.165, 1.54) is 16.8 Å². The molecule has 0 radical (unpaired) electrons. The third kappa shape index (κ3) is 4.84. The summed E-state index contributed by atoms with van der Waals surface area (Å²) in [7, 11) is 0. The molecule has 0 spiro atoms. The van der Waals surface area contributed by atoms with Crippen LogP contribution in [0.5, 0.6) is 0 Å². The number of hydrogen-bond donors (Lipinski definition) is 2. The minimum Gasteiger partial charge on any atom is -0.385 e. The van der Waals surface area contributed by atoms with Gasteiger partial charge in [-0.15, -0.1) is 0 Å². The van der Waals surface area contributed by atoms with Crippen LogP contribution in [-0.2, 0) is 0 Å². The molecule has 0 bridgehead atoms. The number of anilines is 1. The fourth-order valence-electron chi connectivity index (χ4n) is 5.11. The van der Waals surface area contributed by atoms with Gasteiger partial charge in [0.1, 0.15) is 5.82 Å². The summed E-state index contributed by atoms with van der Waals surface area (Å²) in [4.78, 5) is 11.7. The summed E-state index contributed by atoms with van der Waals surface area (Å²) in [5.41, 5.74) is 6.90. The zero-order valence-electron chi connectivity index (χ0n) is 21.0. The highest BCUT2D eigenvalue weighted by Crippen LogP contribution is 2.41. The third-order valence-electron chi connectivity index (χ3n) is 6.80. The molecule has 7 heteroatoms. The molecule has 0 aliphatic carbocycles. The Morgan fingerprint density at radius 3 is 2.50 bits per heavy atom. The number of thiocarbonyl (C=S) groups is 1. The predicted octanol–water partition coefficient (Wildman–Crippen LogP) is 5.67. The summed E-state index contributed by atoms with van der Waals surface area (Å²) in [6.45, 7) is 8.13. The van der Waals surface area contributed by atoms with Crippen LogP contribution in [0.4, 0.5) is 5.69 Å². The summed E-state index contributed by atoms with van der Waals surface area (Å²) in [5.74, 6) is 0.942. The fourth-order valence-corrected chi connectivity index (χ4v) is 5.44. The molecule has 2 atom stereocenters. The van der Waals surface area contributed by atoms with Crippen LogP contribution in [-0.4, -0.2) is 37.6 Å². The van der Waals surface area contributed by atoms with Gasteiger partial charge in [-0.2, -0.15) is 0 Å². The van der Waals surface area contributed by atoms with Crippen molar-refractivity contribution in [3.63, 3.8) is 0 Å². The van der Waals surface area contributed by atoms with Gasteiger partial charge in [0.05, 0.1) is 17.8 Å². The van der Waals surface area contributed by atoms with Crippen molar-refractivity contribution in [2.24, 2.45) is 0 Å². The Morgan fingerprint density at radius 1 is 0.944 bits per heavy atom. The van der Waals surface area contributed by atoms with Crippen LogP contribution >= 0.6 is 12.2 Å². The van der Waals surface area contributed by atoms with Gasteiger partial charge in [-0.3, -0.25) is 4.98 Å². The third-order valence-corrected chi connectivity index (χ3v) is 7.15. The van der Waals surface area contributed by atoms with E-state index < -0.39 is 0 Å². The molecule has 2 N–H and O–H groups in total. The number of nitrogens with zero attached hydrogens (tertiary/aromatic N) is 4. The zero-order valence-corrected chi connectivity index (χ0v) is 21.8. The van der Waals surface area contributed by atoms with Gasteiger partial charge in [-0.25, -0.2) is 4.98 Å². The molecule has 0 unspecified atom stereocenters. The Hall–Kier alpha value is -3.71. The maximum Gasteiger partial charge on any atom is 0.170 e. The second-order valence-corrected chi connectivity index (χ2v) is 9.71. The number of aromatic nitrogens is 3. The van der Waals surface area contributed by atoms with Crippen molar-refractivity contribution >= 4 is 23.0 Å². The van der Waals surface area contributed by atoms with Crippen molar-refractivity contribution in [2.45, 2.75) is 39.3 Å². The van der Waals surface area contributed by atoms with Gasteiger partial charge >= 0.3 is 0 Å². The van der Waals surface area contributed by atoms with Crippen LogP contribution in [0.3, 0.4) is 0 Å². The summed E-state index contributed by atoms with van der Waals surface area (Å²) in [6.07, 6.45) is 4.68. The van der Waals surface area contributed by atoms with Crippen LogP contribution < -0.4 is 10.6 Å². The average Bonchev–Trinajstić information content (AvgIpc) is 3.37. The van der Waals surface area contributed by atoms with Gasteiger partial charge in [0.25, 0.3) is 0 Å². The number of nitrogens with one attached hydrogen (secondary N) is 2. The van der Waals surface area contributed by atoms with Gasteiger partial charge in [0.2, 0.25) is 0 Å². The second-order valence-electron chi connectivity index (χ2n) is 9.32. The van der Waals surface area contributed by atoms with Crippen LogP contribution in [0, 0.1) is 20.8 Å². The van der Waals surface area contributed by atoms with E-state index in [9.17, 15) is 0 Å². The van der Waals surface area contributed by atoms with Crippen molar-refractivity contribution in [1.29, 1.82) is 0 Å². The monoisotopic (exact) mass is 496 g/mol. The molecule has 3 aromatic heterocycles. The van der Waals surface area contributed by atoms with Crippen molar-refractivity contribution in [3.05, 3.63) is 107 Å². The summed E-state index contributed by atoms with van der Waals surface area (Å²) < 4.78 is 2.24. The average molecular weight is 497 g/mol. The van der Waals surface area contributed by atoms with Gasteiger partial charge in [0.15, 0.2) is 5.11 Å². The number of aryl methyl sites for hydroxylation is 2. The summed E-state index contributed by atoms with van der Waals surface area (Å²) in [6, 6.07) is 22.8. The topological polar surface area (TPSA) is 58.0 Å².